The van der Waals surface area contributed by atoms with Gasteiger partial charge in [-0.3, -0.25) is 9.59 Å². The summed E-state index contributed by atoms with van der Waals surface area (Å²) in [4.78, 5) is 22.5. The zero-order valence-electron chi connectivity index (χ0n) is 10.7. The van der Waals surface area contributed by atoms with Gasteiger partial charge in [-0.15, -0.1) is 0 Å². The fourth-order valence-electron chi connectivity index (χ4n) is 1.85. The van der Waals surface area contributed by atoms with Gasteiger partial charge in [0.05, 0.1) is 6.42 Å². The van der Waals surface area contributed by atoms with Gasteiger partial charge in [-0.25, -0.2) is 0 Å². The SMILES string of the molecule is O=C(O)Cc1ccccc1NC(=O)CCNC1CC1. The van der Waals surface area contributed by atoms with Crippen molar-refractivity contribution >= 4 is 17.6 Å². The van der Waals surface area contributed by atoms with Gasteiger partial charge in [0.15, 0.2) is 0 Å². The van der Waals surface area contributed by atoms with Gasteiger partial charge in [0, 0.05) is 24.7 Å². The summed E-state index contributed by atoms with van der Waals surface area (Å²) in [5, 5.41) is 14.8. The molecule has 0 radical (unpaired) electrons. The van der Waals surface area contributed by atoms with Crippen molar-refractivity contribution in [2.24, 2.45) is 0 Å². The van der Waals surface area contributed by atoms with Crippen LogP contribution in [0, 0.1) is 0 Å². The van der Waals surface area contributed by atoms with E-state index in [4.69, 9.17) is 5.11 Å². The summed E-state index contributed by atoms with van der Waals surface area (Å²) in [6.45, 7) is 0.664. The maximum atomic E-state index is 11.8. The predicted octanol–water partition coefficient (Wildman–Crippen LogP) is 1.39. The second-order valence-corrected chi connectivity index (χ2v) is 4.75. The average molecular weight is 262 g/mol. The van der Waals surface area contributed by atoms with Crippen LogP contribution >= 0.6 is 0 Å². The highest BCUT2D eigenvalue weighted by Gasteiger charge is 2.20. The molecular formula is C14H18N2O3. The highest BCUT2D eigenvalue weighted by Crippen LogP contribution is 2.18. The number of rotatable bonds is 7. The normalized spacial score (nSPS) is 14.1. The van der Waals surface area contributed by atoms with Crippen molar-refractivity contribution in [1.82, 2.24) is 5.32 Å². The summed E-state index contributed by atoms with van der Waals surface area (Å²) < 4.78 is 0. The van der Waals surface area contributed by atoms with Crippen LogP contribution in [0.25, 0.3) is 0 Å². The van der Waals surface area contributed by atoms with E-state index in [1.807, 2.05) is 0 Å². The van der Waals surface area contributed by atoms with Gasteiger partial charge in [0.1, 0.15) is 0 Å². The van der Waals surface area contributed by atoms with Crippen LogP contribution in [0.4, 0.5) is 5.69 Å². The molecule has 1 amide bonds. The second-order valence-electron chi connectivity index (χ2n) is 4.75. The Morgan fingerprint density at radius 2 is 2.00 bits per heavy atom. The summed E-state index contributed by atoms with van der Waals surface area (Å²) in [6.07, 6.45) is 2.71. The fourth-order valence-corrected chi connectivity index (χ4v) is 1.85. The van der Waals surface area contributed by atoms with E-state index >= 15 is 0 Å². The van der Waals surface area contributed by atoms with Gasteiger partial charge >= 0.3 is 5.97 Å². The van der Waals surface area contributed by atoms with E-state index in [1.54, 1.807) is 24.3 Å². The Bertz CT molecular complexity index is 470. The van der Waals surface area contributed by atoms with Crippen LogP contribution in [-0.2, 0) is 16.0 Å². The van der Waals surface area contributed by atoms with E-state index in [-0.39, 0.29) is 12.3 Å². The molecule has 1 aliphatic carbocycles. The molecule has 0 bridgehead atoms. The molecule has 5 heteroatoms. The van der Waals surface area contributed by atoms with Crippen LogP contribution < -0.4 is 10.6 Å². The smallest absolute Gasteiger partial charge is 0.307 e. The lowest BCUT2D eigenvalue weighted by Crippen LogP contribution is -2.23. The third kappa shape index (κ3) is 4.71. The number of nitrogens with one attached hydrogen (secondary N) is 2. The van der Waals surface area contributed by atoms with E-state index in [0.717, 1.165) is 0 Å². The molecule has 0 heterocycles. The molecule has 102 valence electrons. The quantitative estimate of drug-likeness (QED) is 0.694. The van der Waals surface area contributed by atoms with E-state index in [2.05, 4.69) is 10.6 Å². The third-order valence-electron chi connectivity index (χ3n) is 3.00. The summed E-state index contributed by atoms with van der Waals surface area (Å²) in [5.74, 6) is -0.997. The number of aliphatic carboxylic acids is 1. The predicted molar refractivity (Wildman–Crippen MR) is 72.1 cm³/mol. The number of carboxylic acids is 1. The molecule has 1 aromatic carbocycles. The lowest BCUT2D eigenvalue weighted by molar-refractivity contribution is -0.136. The van der Waals surface area contributed by atoms with Crippen molar-refractivity contribution in [3.05, 3.63) is 29.8 Å². The van der Waals surface area contributed by atoms with Crippen LogP contribution in [0.1, 0.15) is 24.8 Å². The molecule has 1 saturated carbocycles. The third-order valence-corrected chi connectivity index (χ3v) is 3.00. The van der Waals surface area contributed by atoms with Gasteiger partial charge < -0.3 is 15.7 Å². The molecule has 19 heavy (non-hydrogen) atoms. The van der Waals surface area contributed by atoms with Crippen molar-refractivity contribution in [2.75, 3.05) is 11.9 Å². The lowest BCUT2D eigenvalue weighted by atomic mass is 10.1. The highest BCUT2D eigenvalue weighted by atomic mass is 16.4. The molecule has 1 fully saturated rings. The number of hydrogen-bond acceptors (Lipinski definition) is 3. The molecular weight excluding hydrogens is 244 g/mol. The van der Waals surface area contributed by atoms with Crippen molar-refractivity contribution in [2.45, 2.75) is 31.7 Å². The first-order valence-corrected chi connectivity index (χ1v) is 6.48. The maximum absolute atomic E-state index is 11.8. The van der Waals surface area contributed by atoms with Crippen molar-refractivity contribution in [3.63, 3.8) is 0 Å². The Hall–Kier alpha value is -1.88. The largest absolute Gasteiger partial charge is 0.481 e. The van der Waals surface area contributed by atoms with E-state index in [9.17, 15) is 9.59 Å². The topological polar surface area (TPSA) is 78.4 Å². The molecule has 0 unspecified atom stereocenters. The Morgan fingerprint density at radius 1 is 1.26 bits per heavy atom. The summed E-state index contributed by atoms with van der Waals surface area (Å²) in [7, 11) is 0. The zero-order valence-corrected chi connectivity index (χ0v) is 10.7. The zero-order chi connectivity index (χ0) is 13.7. The Balaban J connectivity index is 1.85. The molecule has 0 atom stereocenters. The first-order valence-electron chi connectivity index (χ1n) is 6.48. The number of anilines is 1. The molecule has 2 rings (SSSR count). The molecule has 1 aliphatic rings. The Labute approximate surface area is 112 Å². The second kappa shape index (κ2) is 6.33. The minimum Gasteiger partial charge on any atom is -0.481 e. The number of amides is 1. The summed E-state index contributed by atoms with van der Waals surface area (Å²) >= 11 is 0. The first kappa shape index (κ1) is 13.5. The monoisotopic (exact) mass is 262 g/mol. The van der Waals surface area contributed by atoms with Gasteiger partial charge in [0.25, 0.3) is 0 Å². The molecule has 3 N–H and O–H groups in total. The fraction of sp³-hybridized carbons (Fsp3) is 0.429. The molecule has 1 aromatic rings. The molecule has 0 aliphatic heterocycles. The van der Waals surface area contributed by atoms with Gasteiger partial charge in [-0.1, -0.05) is 18.2 Å². The Morgan fingerprint density at radius 3 is 2.68 bits per heavy atom. The highest BCUT2D eigenvalue weighted by molar-refractivity contribution is 5.92. The molecule has 0 aromatic heterocycles. The summed E-state index contributed by atoms with van der Waals surface area (Å²) in [5.41, 5.74) is 1.21. The Kier molecular flexibility index (Phi) is 4.52. The average Bonchev–Trinajstić information content (AvgIpc) is 3.15. The van der Waals surface area contributed by atoms with Crippen molar-refractivity contribution in [3.8, 4) is 0 Å². The van der Waals surface area contributed by atoms with Gasteiger partial charge in [-0.2, -0.15) is 0 Å². The number of para-hydroxylation sites is 1. The molecule has 0 saturated heterocycles. The van der Waals surface area contributed by atoms with E-state index < -0.39 is 5.97 Å². The van der Waals surface area contributed by atoms with Crippen LogP contribution in [0.5, 0.6) is 0 Å². The van der Waals surface area contributed by atoms with E-state index in [1.165, 1.54) is 12.8 Å². The number of carboxylic acid groups (broad SMARTS) is 1. The number of hydrogen-bond donors (Lipinski definition) is 3. The minimum atomic E-state index is -0.905. The standard InChI is InChI=1S/C14H18N2O3/c17-13(7-8-15-11-5-6-11)16-12-4-2-1-3-10(12)9-14(18)19/h1-4,11,15H,5-9H2,(H,16,17)(H,18,19). The van der Waals surface area contributed by atoms with Gasteiger partial charge in [-0.05, 0) is 24.5 Å². The number of carbonyl (C=O) groups excluding carboxylic acids is 1. The first-order chi connectivity index (χ1) is 9.15. The van der Waals surface area contributed by atoms with Crippen LogP contribution in [0.3, 0.4) is 0 Å². The number of carbonyl (C=O) groups is 2. The molecule has 5 nitrogen and oxygen atoms in total. The lowest BCUT2D eigenvalue weighted by Gasteiger charge is -2.10. The minimum absolute atomic E-state index is 0.0865. The maximum Gasteiger partial charge on any atom is 0.307 e. The van der Waals surface area contributed by atoms with Crippen LogP contribution in [0.15, 0.2) is 24.3 Å². The van der Waals surface area contributed by atoms with Crippen molar-refractivity contribution in [1.29, 1.82) is 0 Å². The number of benzene rings is 1. The van der Waals surface area contributed by atoms with E-state index in [0.29, 0.717) is 30.3 Å². The molecule has 0 spiro atoms. The van der Waals surface area contributed by atoms with Crippen LogP contribution in [-0.4, -0.2) is 29.6 Å². The summed E-state index contributed by atoms with van der Waals surface area (Å²) in [6, 6.07) is 7.58. The van der Waals surface area contributed by atoms with Gasteiger partial charge in [0.2, 0.25) is 5.91 Å². The van der Waals surface area contributed by atoms with Crippen molar-refractivity contribution < 1.29 is 14.7 Å². The van der Waals surface area contributed by atoms with Crippen LogP contribution in [0.2, 0.25) is 0 Å².